The number of nitrogens with one attached hydrogen (secondary N) is 1. The first-order chi connectivity index (χ1) is 20.2. The van der Waals surface area contributed by atoms with Gasteiger partial charge in [-0.1, -0.05) is 87.5 Å². The Morgan fingerprint density at radius 1 is 1.00 bits per heavy atom. The van der Waals surface area contributed by atoms with Crippen LogP contribution in [0.25, 0.3) is 12.2 Å². The van der Waals surface area contributed by atoms with E-state index in [0.29, 0.717) is 15.8 Å². The molecular formula is C35H36N2O4S. The number of fused-ring (bicyclic) bond motifs is 1. The van der Waals surface area contributed by atoms with Crippen molar-refractivity contribution in [1.29, 1.82) is 0 Å². The van der Waals surface area contributed by atoms with E-state index in [9.17, 15) is 14.4 Å². The third-order valence-corrected chi connectivity index (χ3v) is 8.42. The lowest BCUT2D eigenvalue weighted by Crippen LogP contribution is -2.40. The fraction of sp³-hybridized carbons (Fsp3) is 0.286. The molecule has 0 bridgehead atoms. The highest BCUT2D eigenvalue weighted by molar-refractivity contribution is 7.07. The quantitative estimate of drug-likeness (QED) is 0.322. The van der Waals surface area contributed by atoms with Gasteiger partial charge in [0.25, 0.3) is 5.56 Å². The topological polar surface area (TPSA) is 77.4 Å². The van der Waals surface area contributed by atoms with Gasteiger partial charge >= 0.3 is 0 Å². The summed E-state index contributed by atoms with van der Waals surface area (Å²) in [5, 5.41) is 3.13. The molecule has 0 radical (unpaired) electrons. The molecule has 0 saturated carbocycles. The molecular weight excluding hydrogens is 544 g/mol. The lowest BCUT2D eigenvalue weighted by molar-refractivity contribution is -0.123. The summed E-state index contributed by atoms with van der Waals surface area (Å²) >= 11 is 1.22. The summed E-state index contributed by atoms with van der Waals surface area (Å²) in [5.41, 5.74) is 3.38. The highest BCUT2D eigenvalue weighted by Gasteiger charge is 2.23. The average Bonchev–Trinajstić information content (AvgIpc) is 3.25. The molecule has 0 spiro atoms. The molecule has 1 heterocycles. The lowest BCUT2D eigenvalue weighted by atomic mass is 9.88. The first kappa shape index (κ1) is 29.3. The highest BCUT2D eigenvalue weighted by atomic mass is 32.1. The summed E-state index contributed by atoms with van der Waals surface area (Å²) in [6, 6.07) is 25.5. The summed E-state index contributed by atoms with van der Waals surface area (Å²) in [7, 11) is 0. The number of carbonyl (C=O) groups excluding carboxylic acids is 2. The monoisotopic (exact) mass is 580 g/mol. The fourth-order valence-electron chi connectivity index (χ4n) is 4.96. The second-order valence-corrected chi connectivity index (χ2v) is 12.7. The van der Waals surface area contributed by atoms with Gasteiger partial charge < -0.3 is 10.1 Å². The Morgan fingerprint density at radius 3 is 2.45 bits per heavy atom. The van der Waals surface area contributed by atoms with Gasteiger partial charge in [0.2, 0.25) is 5.91 Å². The van der Waals surface area contributed by atoms with E-state index in [4.69, 9.17) is 4.74 Å². The normalized spacial score (nSPS) is 15.7. The lowest BCUT2D eigenvalue weighted by Gasteiger charge is -2.26. The number of aryl methyl sites for hydroxylation is 1. The van der Waals surface area contributed by atoms with Gasteiger partial charge in [-0.05, 0) is 59.7 Å². The predicted molar refractivity (Wildman–Crippen MR) is 168 cm³/mol. The minimum atomic E-state index is -0.613. The number of carbonyl (C=O) groups is 2. The summed E-state index contributed by atoms with van der Waals surface area (Å²) in [5.74, 6) is 0.372. The molecule has 1 aliphatic rings. The molecule has 1 amide bonds. The molecule has 1 unspecified atom stereocenters. The van der Waals surface area contributed by atoms with Crippen LogP contribution in [0.3, 0.4) is 0 Å². The number of hydrogen-bond donors (Lipinski definition) is 1. The van der Waals surface area contributed by atoms with Crippen LogP contribution in [0, 0.1) is 5.41 Å². The number of ketones is 1. The third kappa shape index (κ3) is 7.15. The fourth-order valence-corrected chi connectivity index (χ4v) is 6.00. The zero-order valence-corrected chi connectivity index (χ0v) is 25.1. The molecule has 0 fully saturated rings. The number of amides is 1. The van der Waals surface area contributed by atoms with Crippen LogP contribution in [-0.2, 0) is 29.2 Å². The van der Waals surface area contributed by atoms with Crippen LogP contribution < -0.4 is 24.8 Å². The van der Waals surface area contributed by atoms with Crippen molar-refractivity contribution in [3.8, 4) is 5.75 Å². The molecule has 42 heavy (non-hydrogen) atoms. The minimum Gasteiger partial charge on any atom is -0.489 e. The van der Waals surface area contributed by atoms with E-state index in [1.54, 1.807) is 6.08 Å². The second-order valence-electron chi connectivity index (χ2n) is 11.7. The third-order valence-electron chi connectivity index (χ3n) is 7.36. The molecule has 0 aliphatic heterocycles. The van der Waals surface area contributed by atoms with Crippen molar-refractivity contribution in [3.63, 3.8) is 0 Å². The SMILES string of the molecule is CC(C)(C)C(=O)/C=c1\s/c(=C/c2ccc(OCc3ccccc3)cc2)c(=O)n1CC(=O)NC1CCCc2ccccc21. The Balaban J connectivity index is 1.40. The smallest absolute Gasteiger partial charge is 0.269 e. The maximum absolute atomic E-state index is 13.6. The van der Waals surface area contributed by atoms with E-state index < -0.39 is 5.41 Å². The summed E-state index contributed by atoms with van der Waals surface area (Å²) in [4.78, 5) is 39.8. The largest absolute Gasteiger partial charge is 0.489 e. The average molecular weight is 581 g/mol. The van der Waals surface area contributed by atoms with Crippen LogP contribution in [0.1, 0.15) is 61.9 Å². The molecule has 1 atom stereocenters. The Bertz CT molecular complexity index is 1750. The number of thiazole rings is 1. The van der Waals surface area contributed by atoms with Crippen LogP contribution in [0.2, 0.25) is 0 Å². The van der Waals surface area contributed by atoms with Crippen molar-refractivity contribution < 1.29 is 14.3 Å². The molecule has 6 nitrogen and oxygen atoms in total. The van der Waals surface area contributed by atoms with E-state index in [0.717, 1.165) is 41.7 Å². The van der Waals surface area contributed by atoms with Crippen molar-refractivity contribution in [3.05, 3.63) is 121 Å². The summed E-state index contributed by atoms with van der Waals surface area (Å²) in [6.45, 7) is 5.82. The maximum atomic E-state index is 13.6. The number of benzene rings is 3. The van der Waals surface area contributed by atoms with Gasteiger partial charge in [-0.2, -0.15) is 0 Å². The Hall–Kier alpha value is -4.23. The Morgan fingerprint density at radius 2 is 1.71 bits per heavy atom. The van der Waals surface area contributed by atoms with Crippen molar-refractivity contribution >= 4 is 35.2 Å². The van der Waals surface area contributed by atoms with Gasteiger partial charge in [0.15, 0.2) is 5.78 Å². The van der Waals surface area contributed by atoms with Gasteiger partial charge in [-0.3, -0.25) is 19.0 Å². The molecule has 7 heteroatoms. The standard InChI is InChI=1S/C35H36N2O4S/c1-35(2,3)31(38)21-33-37(22-32(39)36-29-15-9-13-26-12-7-8-14-28(26)29)34(40)30(42-33)20-24-16-18-27(19-17-24)41-23-25-10-5-4-6-11-25/h4-8,10-12,14,16-21,29H,9,13,15,22-23H2,1-3H3,(H,36,39)/b30-20+,33-21-. The van der Waals surface area contributed by atoms with Crippen molar-refractivity contribution in [2.75, 3.05) is 0 Å². The van der Waals surface area contributed by atoms with Crippen LogP contribution in [-0.4, -0.2) is 16.3 Å². The molecule has 1 aliphatic carbocycles. The predicted octanol–water partition coefficient (Wildman–Crippen LogP) is 4.91. The van der Waals surface area contributed by atoms with Crippen molar-refractivity contribution in [2.45, 2.75) is 59.2 Å². The number of nitrogens with zero attached hydrogens (tertiary/aromatic N) is 1. The number of aromatic nitrogens is 1. The van der Waals surface area contributed by atoms with E-state index in [1.165, 1.54) is 27.5 Å². The van der Waals surface area contributed by atoms with Gasteiger partial charge in [-0.25, -0.2) is 0 Å². The van der Waals surface area contributed by atoms with Gasteiger partial charge in [-0.15, -0.1) is 11.3 Å². The van der Waals surface area contributed by atoms with E-state index in [1.807, 2.05) is 87.5 Å². The van der Waals surface area contributed by atoms with Gasteiger partial charge in [0.1, 0.15) is 23.6 Å². The van der Waals surface area contributed by atoms with Gasteiger partial charge in [0.05, 0.1) is 10.6 Å². The summed E-state index contributed by atoms with van der Waals surface area (Å²) < 4.78 is 8.22. The first-order valence-corrected chi connectivity index (χ1v) is 15.1. The summed E-state index contributed by atoms with van der Waals surface area (Å²) in [6.07, 6.45) is 6.13. The van der Waals surface area contributed by atoms with E-state index >= 15 is 0 Å². The number of ether oxygens (including phenoxy) is 1. The molecule has 4 aromatic rings. The highest BCUT2D eigenvalue weighted by Crippen LogP contribution is 2.29. The number of rotatable bonds is 8. The number of hydrogen-bond acceptors (Lipinski definition) is 5. The van der Waals surface area contributed by atoms with E-state index in [-0.39, 0.29) is 29.8 Å². The van der Waals surface area contributed by atoms with Crippen molar-refractivity contribution in [2.24, 2.45) is 5.41 Å². The minimum absolute atomic E-state index is 0.0888. The molecule has 216 valence electrons. The zero-order chi connectivity index (χ0) is 29.7. The Labute approximate surface area is 250 Å². The first-order valence-electron chi connectivity index (χ1n) is 14.3. The van der Waals surface area contributed by atoms with Crippen LogP contribution in [0.5, 0.6) is 5.75 Å². The zero-order valence-electron chi connectivity index (χ0n) is 24.3. The molecule has 1 aromatic heterocycles. The number of Topliss-reactive ketones (excluding diaryl/α,β-unsaturated/α-hetero) is 1. The van der Waals surface area contributed by atoms with Crippen LogP contribution in [0.4, 0.5) is 0 Å². The van der Waals surface area contributed by atoms with E-state index in [2.05, 4.69) is 17.4 Å². The molecule has 5 rings (SSSR count). The van der Waals surface area contributed by atoms with Crippen LogP contribution >= 0.6 is 11.3 Å². The van der Waals surface area contributed by atoms with Crippen molar-refractivity contribution in [1.82, 2.24) is 9.88 Å². The maximum Gasteiger partial charge on any atom is 0.269 e. The Kier molecular flexibility index (Phi) is 8.88. The molecule has 0 saturated heterocycles. The second kappa shape index (κ2) is 12.7. The van der Waals surface area contributed by atoms with Crippen LogP contribution in [0.15, 0.2) is 83.7 Å². The molecule has 1 N–H and O–H groups in total. The van der Waals surface area contributed by atoms with Gasteiger partial charge in [0, 0.05) is 11.5 Å². The molecule has 3 aromatic carbocycles.